The van der Waals surface area contributed by atoms with Crippen LogP contribution >= 0.6 is 0 Å². The summed E-state index contributed by atoms with van der Waals surface area (Å²) in [6.07, 6.45) is 0.644. The Hall–Kier alpha value is -2.70. The van der Waals surface area contributed by atoms with Crippen molar-refractivity contribution in [3.05, 3.63) is 71.7 Å². The molecule has 1 aliphatic heterocycles. The molecule has 0 aliphatic carbocycles. The molecule has 3 aromatic rings. The van der Waals surface area contributed by atoms with Crippen molar-refractivity contribution in [3.63, 3.8) is 0 Å². The minimum absolute atomic E-state index is 0.237. The summed E-state index contributed by atoms with van der Waals surface area (Å²) >= 11 is 0. The number of halogens is 1. The van der Waals surface area contributed by atoms with Crippen LogP contribution in [0.5, 0.6) is 5.75 Å². The zero-order valence-electron chi connectivity index (χ0n) is 14.1. The first-order chi connectivity index (χ1) is 12.6. The lowest BCUT2D eigenvalue weighted by atomic mass is 9.90. The van der Waals surface area contributed by atoms with Crippen molar-refractivity contribution in [3.8, 4) is 17.1 Å². The number of hydrogen-bond acceptors (Lipinski definition) is 5. The van der Waals surface area contributed by atoms with Gasteiger partial charge in [-0.15, -0.1) is 0 Å². The van der Waals surface area contributed by atoms with E-state index in [0.29, 0.717) is 31.9 Å². The highest BCUT2D eigenvalue weighted by Gasteiger charge is 2.39. The second-order valence-electron chi connectivity index (χ2n) is 6.62. The molecule has 2 heterocycles. The Morgan fingerprint density at radius 1 is 1.12 bits per heavy atom. The van der Waals surface area contributed by atoms with Gasteiger partial charge in [-0.05, 0) is 30.3 Å². The summed E-state index contributed by atoms with van der Waals surface area (Å²) in [5.41, 5.74) is 2.19. The molecule has 0 amide bonds. The van der Waals surface area contributed by atoms with Gasteiger partial charge in [0.1, 0.15) is 11.6 Å². The number of nitrogens with zero attached hydrogens (tertiary/aromatic N) is 1. The molecule has 134 valence electrons. The van der Waals surface area contributed by atoms with Gasteiger partial charge in [-0.25, -0.2) is 4.39 Å². The van der Waals surface area contributed by atoms with E-state index in [0.717, 1.165) is 16.8 Å². The number of para-hydroxylation sites is 1. The molecule has 0 atom stereocenters. The van der Waals surface area contributed by atoms with Crippen molar-refractivity contribution >= 4 is 0 Å². The molecular weight excluding hydrogens is 335 g/mol. The van der Waals surface area contributed by atoms with Crippen LogP contribution in [0.15, 0.2) is 59.1 Å². The summed E-state index contributed by atoms with van der Waals surface area (Å²) in [6.45, 7) is 1.68. The standard InChI is InChI=1S/C20H19FN2O3/c21-16-7-5-14(6-8-16)19-9-17(23-26-19)10-20(12-25-13-20)22-11-15-3-1-2-4-18(15)24/h1-9,22,24H,10-13H2. The second-order valence-corrected chi connectivity index (χ2v) is 6.62. The van der Waals surface area contributed by atoms with E-state index in [-0.39, 0.29) is 17.1 Å². The Morgan fingerprint density at radius 3 is 2.58 bits per heavy atom. The fraction of sp³-hybridized carbons (Fsp3) is 0.250. The lowest BCUT2D eigenvalue weighted by Gasteiger charge is -2.42. The lowest BCUT2D eigenvalue weighted by Crippen LogP contribution is -2.61. The van der Waals surface area contributed by atoms with Crippen molar-refractivity contribution in [2.75, 3.05) is 13.2 Å². The predicted molar refractivity (Wildman–Crippen MR) is 94.1 cm³/mol. The van der Waals surface area contributed by atoms with Crippen LogP contribution in [0.3, 0.4) is 0 Å². The summed E-state index contributed by atoms with van der Waals surface area (Å²) in [6, 6.07) is 15.2. The van der Waals surface area contributed by atoms with Crippen LogP contribution in [0.2, 0.25) is 0 Å². The van der Waals surface area contributed by atoms with Crippen molar-refractivity contribution in [2.24, 2.45) is 0 Å². The van der Waals surface area contributed by atoms with Gasteiger partial charge in [0.2, 0.25) is 0 Å². The Morgan fingerprint density at radius 2 is 1.88 bits per heavy atom. The first-order valence-electron chi connectivity index (χ1n) is 8.45. The van der Waals surface area contributed by atoms with Crippen LogP contribution in [0.4, 0.5) is 4.39 Å². The van der Waals surface area contributed by atoms with Crippen LogP contribution in [-0.2, 0) is 17.7 Å². The molecule has 0 unspecified atom stereocenters. The molecule has 0 bridgehead atoms. The number of phenolic OH excluding ortho intramolecular Hbond substituents is 1. The highest BCUT2D eigenvalue weighted by molar-refractivity contribution is 5.57. The summed E-state index contributed by atoms with van der Waals surface area (Å²) in [4.78, 5) is 0. The largest absolute Gasteiger partial charge is 0.508 e. The fourth-order valence-corrected chi connectivity index (χ4v) is 3.05. The van der Waals surface area contributed by atoms with Crippen LogP contribution in [0.25, 0.3) is 11.3 Å². The van der Waals surface area contributed by atoms with E-state index < -0.39 is 0 Å². The van der Waals surface area contributed by atoms with Gasteiger partial charge in [0.15, 0.2) is 5.76 Å². The Kier molecular flexibility index (Phi) is 4.44. The summed E-state index contributed by atoms with van der Waals surface area (Å²) < 4.78 is 23.9. The third-order valence-corrected chi connectivity index (χ3v) is 4.61. The fourth-order valence-electron chi connectivity index (χ4n) is 3.05. The van der Waals surface area contributed by atoms with Gasteiger partial charge >= 0.3 is 0 Å². The highest BCUT2D eigenvalue weighted by Crippen LogP contribution is 2.27. The normalized spacial score (nSPS) is 15.6. The number of aromatic hydroxyl groups is 1. The van der Waals surface area contributed by atoms with Crippen LogP contribution < -0.4 is 5.32 Å². The van der Waals surface area contributed by atoms with Gasteiger partial charge in [-0.2, -0.15) is 0 Å². The second kappa shape index (κ2) is 6.90. The average molecular weight is 354 g/mol. The maximum atomic E-state index is 13.1. The first-order valence-corrected chi connectivity index (χ1v) is 8.45. The number of rotatable bonds is 6. The Balaban J connectivity index is 1.45. The Bertz CT molecular complexity index is 888. The molecule has 6 heteroatoms. The third-order valence-electron chi connectivity index (χ3n) is 4.61. The van der Waals surface area contributed by atoms with E-state index in [4.69, 9.17) is 9.26 Å². The molecule has 5 nitrogen and oxygen atoms in total. The van der Waals surface area contributed by atoms with Crippen molar-refractivity contribution in [1.29, 1.82) is 0 Å². The smallest absolute Gasteiger partial charge is 0.167 e. The van der Waals surface area contributed by atoms with E-state index in [1.54, 1.807) is 24.3 Å². The van der Waals surface area contributed by atoms with E-state index in [1.165, 1.54) is 12.1 Å². The zero-order valence-corrected chi connectivity index (χ0v) is 14.1. The van der Waals surface area contributed by atoms with Crippen molar-refractivity contribution < 1.29 is 18.8 Å². The van der Waals surface area contributed by atoms with Gasteiger partial charge in [0, 0.05) is 30.2 Å². The number of benzene rings is 2. The number of phenols is 1. The molecule has 0 radical (unpaired) electrons. The summed E-state index contributed by atoms with van der Waals surface area (Å²) in [7, 11) is 0. The highest BCUT2D eigenvalue weighted by atomic mass is 19.1. The maximum Gasteiger partial charge on any atom is 0.167 e. The molecule has 2 aromatic carbocycles. The monoisotopic (exact) mass is 354 g/mol. The molecular formula is C20H19FN2O3. The minimum Gasteiger partial charge on any atom is -0.508 e. The number of ether oxygens (including phenoxy) is 1. The van der Waals surface area contributed by atoms with Gasteiger partial charge in [0.05, 0.1) is 24.4 Å². The van der Waals surface area contributed by atoms with Crippen LogP contribution in [0, 0.1) is 5.82 Å². The molecule has 1 aliphatic rings. The third kappa shape index (κ3) is 3.47. The van der Waals surface area contributed by atoms with Crippen molar-refractivity contribution in [1.82, 2.24) is 10.5 Å². The summed E-state index contributed by atoms with van der Waals surface area (Å²) in [5.74, 6) is 0.596. The summed E-state index contributed by atoms with van der Waals surface area (Å²) in [5, 5.41) is 17.5. The van der Waals surface area contributed by atoms with Crippen LogP contribution in [-0.4, -0.2) is 29.0 Å². The van der Waals surface area contributed by atoms with E-state index in [2.05, 4.69) is 10.5 Å². The molecule has 26 heavy (non-hydrogen) atoms. The Labute approximate surface area is 150 Å². The molecule has 1 saturated heterocycles. The van der Waals surface area contributed by atoms with E-state index >= 15 is 0 Å². The first kappa shape index (κ1) is 16.8. The molecule has 4 rings (SSSR count). The zero-order chi connectivity index (χ0) is 18.0. The number of aromatic nitrogens is 1. The lowest BCUT2D eigenvalue weighted by molar-refractivity contribution is -0.0756. The van der Waals surface area contributed by atoms with Crippen LogP contribution in [0.1, 0.15) is 11.3 Å². The maximum absolute atomic E-state index is 13.1. The van der Waals surface area contributed by atoms with E-state index in [1.807, 2.05) is 18.2 Å². The molecule has 0 saturated carbocycles. The minimum atomic E-state index is -0.285. The van der Waals surface area contributed by atoms with Gasteiger partial charge in [0.25, 0.3) is 0 Å². The van der Waals surface area contributed by atoms with Crippen molar-refractivity contribution in [2.45, 2.75) is 18.5 Å². The average Bonchev–Trinajstić information content (AvgIpc) is 3.07. The van der Waals surface area contributed by atoms with E-state index in [9.17, 15) is 9.50 Å². The SMILES string of the molecule is Oc1ccccc1CNC1(Cc2cc(-c3ccc(F)cc3)on2)COC1. The number of nitrogens with one attached hydrogen (secondary N) is 1. The molecule has 2 N–H and O–H groups in total. The van der Waals surface area contributed by atoms with Gasteiger partial charge in [-0.1, -0.05) is 23.4 Å². The van der Waals surface area contributed by atoms with Gasteiger partial charge in [-0.3, -0.25) is 0 Å². The molecule has 0 spiro atoms. The quantitative estimate of drug-likeness (QED) is 0.711. The van der Waals surface area contributed by atoms with Gasteiger partial charge < -0.3 is 19.7 Å². The number of hydrogen-bond donors (Lipinski definition) is 2. The predicted octanol–water partition coefficient (Wildman–Crippen LogP) is 3.29. The molecule has 1 fully saturated rings. The molecule has 1 aromatic heterocycles. The topological polar surface area (TPSA) is 67.5 Å².